The summed E-state index contributed by atoms with van der Waals surface area (Å²) in [7, 11) is 0. The monoisotopic (exact) mass is 237 g/mol. The number of aliphatic hydroxyl groups excluding tert-OH is 1. The third kappa shape index (κ3) is 2.12. The van der Waals surface area contributed by atoms with Gasteiger partial charge in [0.1, 0.15) is 0 Å². The molecule has 17 heavy (non-hydrogen) atoms. The van der Waals surface area contributed by atoms with Crippen LogP contribution >= 0.6 is 0 Å². The predicted octanol–water partition coefficient (Wildman–Crippen LogP) is 0.522. The third-order valence-electron chi connectivity index (χ3n) is 2.66. The van der Waals surface area contributed by atoms with Gasteiger partial charge in [0.15, 0.2) is 5.58 Å². The molecule has 0 fully saturated rings. The summed E-state index contributed by atoms with van der Waals surface area (Å²) in [6, 6.07) is 3.37. The molecule has 0 atom stereocenters. The molecule has 0 aliphatic rings. The standard InChI is InChI=1S/C11H15N3O3/c1-2-14(3-4-15)9-6-8-10(5-7(9)12)17-11(16)13-8/h5-6,15H,2-4,12H2,1H3,(H,13,16). The molecule has 2 rings (SSSR count). The lowest BCUT2D eigenvalue weighted by Crippen LogP contribution is -2.26. The number of hydrogen-bond acceptors (Lipinski definition) is 5. The first kappa shape index (κ1) is 11.5. The molecule has 0 unspecified atom stereocenters. The highest BCUT2D eigenvalue weighted by atomic mass is 16.4. The van der Waals surface area contributed by atoms with Gasteiger partial charge in [-0.2, -0.15) is 0 Å². The Morgan fingerprint density at radius 2 is 2.29 bits per heavy atom. The number of nitrogens with two attached hydrogens (primary N) is 1. The molecule has 2 aromatic rings. The van der Waals surface area contributed by atoms with Gasteiger partial charge >= 0.3 is 5.76 Å². The van der Waals surface area contributed by atoms with Crippen LogP contribution in [0.5, 0.6) is 0 Å². The summed E-state index contributed by atoms with van der Waals surface area (Å²) < 4.78 is 4.92. The van der Waals surface area contributed by atoms with E-state index in [1.807, 2.05) is 11.8 Å². The Balaban J connectivity index is 2.52. The minimum Gasteiger partial charge on any atom is -0.408 e. The number of nitrogens with one attached hydrogen (secondary N) is 1. The van der Waals surface area contributed by atoms with Crippen LogP contribution in [0.3, 0.4) is 0 Å². The van der Waals surface area contributed by atoms with Crippen molar-refractivity contribution in [2.24, 2.45) is 0 Å². The largest absolute Gasteiger partial charge is 0.417 e. The number of aliphatic hydroxyl groups is 1. The van der Waals surface area contributed by atoms with E-state index < -0.39 is 5.76 Å². The highest BCUT2D eigenvalue weighted by molar-refractivity contribution is 5.85. The van der Waals surface area contributed by atoms with E-state index >= 15 is 0 Å². The van der Waals surface area contributed by atoms with Crippen LogP contribution in [0.2, 0.25) is 0 Å². The second-order valence-electron chi connectivity index (χ2n) is 3.72. The van der Waals surface area contributed by atoms with Crippen molar-refractivity contribution < 1.29 is 9.52 Å². The smallest absolute Gasteiger partial charge is 0.408 e. The number of nitrogen functional groups attached to an aromatic ring is 1. The lowest BCUT2D eigenvalue weighted by Gasteiger charge is -2.23. The van der Waals surface area contributed by atoms with Crippen LogP contribution in [0.25, 0.3) is 11.1 Å². The Labute approximate surface area is 97.6 Å². The second kappa shape index (κ2) is 4.50. The Hall–Kier alpha value is -1.95. The zero-order chi connectivity index (χ0) is 12.4. The summed E-state index contributed by atoms with van der Waals surface area (Å²) in [5.41, 5.74) is 8.26. The predicted molar refractivity (Wildman–Crippen MR) is 66.2 cm³/mol. The fraction of sp³-hybridized carbons (Fsp3) is 0.364. The number of aromatic nitrogens is 1. The van der Waals surface area contributed by atoms with Gasteiger partial charge in [0.2, 0.25) is 0 Å². The molecule has 6 nitrogen and oxygen atoms in total. The lowest BCUT2D eigenvalue weighted by molar-refractivity contribution is 0.302. The van der Waals surface area contributed by atoms with E-state index in [9.17, 15) is 4.79 Å². The fourth-order valence-electron chi connectivity index (χ4n) is 1.85. The summed E-state index contributed by atoms with van der Waals surface area (Å²) in [5.74, 6) is -0.498. The molecular weight excluding hydrogens is 222 g/mol. The molecular formula is C11H15N3O3. The molecule has 1 heterocycles. The maximum Gasteiger partial charge on any atom is 0.417 e. The number of anilines is 2. The number of benzene rings is 1. The summed E-state index contributed by atoms with van der Waals surface area (Å²) in [5, 5.41) is 8.98. The Bertz CT molecular complexity index is 573. The van der Waals surface area contributed by atoms with E-state index in [-0.39, 0.29) is 6.61 Å². The van der Waals surface area contributed by atoms with Crippen LogP contribution in [-0.4, -0.2) is 29.8 Å². The van der Waals surface area contributed by atoms with Crippen LogP contribution in [0.1, 0.15) is 6.92 Å². The zero-order valence-electron chi connectivity index (χ0n) is 9.56. The number of rotatable bonds is 4. The molecule has 0 saturated carbocycles. The fourth-order valence-corrected chi connectivity index (χ4v) is 1.85. The molecule has 0 radical (unpaired) electrons. The molecule has 0 saturated heterocycles. The van der Waals surface area contributed by atoms with E-state index in [1.165, 1.54) is 0 Å². The van der Waals surface area contributed by atoms with E-state index in [1.54, 1.807) is 12.1 Å². The van der Waals surface area contributed by atoms with Gasteiger partial charge < -0.3 is 20.2 Å². The van der Waals surface area contributed by atoms with Crippen molar-refractivity contribution in [2.45, 2.75) is 6.92 Å². The Kier molecular flexibility index (Phi) is 3.06. The van der Waals surface area contributed by atoms with Crippen molar-refractivity contribution in [3.63, 3.8) is 0 Å². The second-order valence-corrected chi connectivity index (χ2v) is 3.72. The topological polar surface area (TPSA) is 95.5 Å². The van der Waals surface area contributed by atoms with Gasteiger partial charge in [-0.05, 0) is 13.0 Å². The van der Waals surface area contributed by atoms with Crippen LogP contribution in [0.4, 0.5) is 11.4 Å². The number of oxazole rings is 1. The van der Waals surface area contributed by atoms with Crippen molar-refractivity contribution in [3.8, 4) is 0 Å². The van der Waals surface area contributed by atoms with Gasteiger partial charge in [-0.15, -0.1) is 0 Å². The molecule has 0 aliphatic carbocycles. The number of aromatic amines is 1. The first-order valence-corrected chi connectivity index (χ1v) is 5.44. The summed E-state index contributed by atoms with van der Waals surface area (Å²) in [4.78, 5) is 15.6. The minimum absolute atomic E-state index is 0.0488. The van der Waals surface area contributed by atoms with Crippen LogP contribution in [0, 0.1) is 0 Å². The van der Waals surface area contributed by atoms with Gasteiger partial charge in [0.05, 0.1) is 23.5 Å². The molecule has 92 valence electrons. The summed E-state index contributed by atoms with van der Waals surface area (Å²) >= 11 is 0. The molecule has 1 aromatic carbocycles. The van der Waals surface area contributed by atoms with Crippen molar-refractivity contribution in [3.05, 3.63) is 22.7 Å². The van der Waals surface area contributed by atoms with Gasteiger partial charge in [-0.3, -0.25) is 4.98 Å². The highest BCUT2D eigenvalue weighted by Crippen LogP contribution is 2.27. The van der Waals surface area contributed by atoms with Crippen LogP contribution in [-0.2, 0) is 0 Å². The van der Waals surface area contributed by atoms with Crippen LogP contribution < -0.4 is 16.4 Å². The van der Waals surface area contributed by atoms with Gasteiger partial charge in [0.25, 0.3) is 0 Å². The van der Waals surface area contributed by atoms with Crippen molar-refractivity contribution in [1.82, 2.24) is 4.98 Å². The van der Waals surface area contributed by atoms with E-state index in [2.05, 4.69) is 4.98 Å². The van der Waals surface area contributed by atoms with Gasteiger partial charge in [-0.1, -0.05) is 0 Å². The van der Waals surface area contributed by atoms with Crippen molar-refractivity contribution in [1.29, 1.82) is 0 Å². The van der Waals surface area contributed by atoms with E-state index in [0.29, 0.717) is 23.3 Å². The average Bonchev–Trinajstić information content (AvgIpc) is 2.64. The maximum atomic E-state index is 11.1. The number of nitrogens with zero attached hydrogens (tertiary/aromatic N) is 1. The maximum absolute atomic E-state index is 11.1. The lowest BCUT2D eigenvalue weighted by atomic mass is 10.2. The first-order chi connectivity index (χ1) is 8.15. The molecule has 0 bridgehead atoms. The molecule has 4 N–H and O–H groups in total. The van der Waals surface area contributed by atoms with Crippen LogP contribution in [0.15, 0.2) is 21.3 Å². The SMILES string of the molecule is CCN(CCO)c1cc2[nH]c(=O)oc2cc1N. The summed E-state index contributed by atoms with van der Waals surface area (Å²) in [6.07, 6.45) is 0. The normalized spacial score (nSPS) is 10.9. The number of H-pyrrole nitrogens is 1. The summed E-state index contributed by atoms with van der Waals surface area (Å²) in [6.45, 7) is 3.23. The third-order valence-corrected chi connectivity index (χ3v) is 2.66. The molecule has 6 heteroatoms. The molecule has 0 amide bonds. The zero-order valence-corrected chi connectivity index (χ0v) is 9.56. The number of hydrogen-bond donors (Lipinski definition) is 3. The van der Waals surface area contributed by atoms with Gasteiger partial charge in [-0.25, -0.2) is 4.79 Å². The Morgan fingerprint density at radius 1 is 1.53 bits per heavy atom. The van der Waals surface area contributed by atoms with E-state index in [0.717, 1.165) is 12.2 Å². The Morgan fingerprint density at radius 3 is 2.94 bits per heavy atom. The number of likely N-dealkylation sites (N-methyl/N-ethyl adjacent to an activating group) is 1. The molecule has 0 spiro atoms. The molecule has 1 aromatic heterocycles. The van der Waals surface area contributed by atoms with Gasteiger partial charge in [0, 0.05) is 19.2 Å². The average molecular weight is 237 g/mol. The van der Waals surface area contributed by atoms with Crippen molar-refractivity contribution >= 4 is 22.5 Å². The van der Waals surface area contributed by atoms with Crippen molar-refractivity contribution in [2.75, 3.05) is 30.3 Å². The minimum atomic E-state index is -0.498. The number of fused-ring (bicyclic) bond motifs is 1. The quantitative estimate of drug-likeness (QED) is 0.674. The highest BCUT2D eigenvalue weighted by Gasteiger charge is 2.11. The molecule has 0 aliphatic heterocycles. The first-order valence-electron chi connectivity index (χ1n) is 5.44. The van der Waals surface area contributed by atoms with E-state index in [4.69, 9.17) is 15.3 Å².